The van der Waals surface area contributed by atoms with Gasteiger partial charge in [-0.15, -0.1) is 0 Å². The largest absolute Gasteiger partial charge is 0.435 e. The van der Waals surface area contributed by atoms with Crippen LogP contribution in [-0.2, 0) is 6.18 Å². The zero-order chi connectivity index (χ0) is 19.1. The van der Waals surface area contributed by atoms with Gasteiger partial charge < -0.3 is 0 Å². The highest BCUT2D eigenvalue weighted by Crippen LogP contribution is 2.32. The molecule has 3 rings (SSSR count). The molecule has 0 fully saturated rings. The number of benzene rings is 2. The van der Waals surface area contributed by atoms with Crippen LogP contribution in [0.3, 0.4) is 0 Å². The number of nitrogens with zero attached hydrogens (tertiary/aromatic N) is 2. The Balaban J connectivity index is 2.13. The number of hydrogen-bond acceptors (Lipinski definition) is 1. The third-order valence-corrected chi connectivity index (χ3v) is 4.62. The maximum Gasteiger partial charge on any atom is 0.435 e. The van der Waals surface area contributed by atoms with E-state index in [9.17, 15) is 13.2 Å². The first-order valence-electron chi connectivity index (χ1n) is 8.51. The summed E-state index contributed by atoms with van der Waals surface area (Å²) in [5.74, 6) is 0.164. The Labute approximate surface area is 151 Å². The lowest BCUT2D eigenvalue weighted by molar-refractivity contribution is -0.141. The molecule has 0 aliphatic heterocycles. The summed E-state index contributed by atoms with van der Waals surface area (Å²) in [5, 5.41) is 3.75. The average molecular weight is 358 g/mol. The molecule has 0 aliphatic rings. The van der Waals surface area contributed by atoms with Gasteiger partial charge in [0, 0.05) is 6.20 Å². The predicted molar refractivity (Wildman–Crippen MR) is 97.6 cm³/mol. The SMILES string of the molecule is Cc1ccc(-c2ccc(C(C)C)c(-n3ccc(C(F)(F)F)n3)c2)cc1C. The number of hydrogen-bond donors (Lipinski definition) is 0. The first kappa shape index (κ1) is 18.2. The molecule has 2 aromatic carbocycles. The molecule has 0 spiro atoms. The van der Waals surface area contributed by atoms with Crippen LogP contribution in [-0.4, -0.2) is 9.78 Å². The number of rotatable bonds is 3. The van der Waals surface area contributed by atoms with Crippen molar-refractivity contribution >= 4 is 0 Å². The van der Waals surface area contributed by atoms with Crippen LogP contribution in [0.4, 0.5) is 13.2 Å². The zero-order valence-electron chi connectivity index (χ0n) is 15.2. The van der Waals surface area contributed by atoms with Crippen molar-refractivity contribution in [1.82, 2.24) is 9.78 Å². The molecule has 136 valence electrons. The van der Waals surface area contributed by atoms with E-state index in [0.29, 0.717) is 5.69 Å². The number of halogens is 3. The fourth-order valence-corrected chi connectivity index (χ4v) is 2.94. The minimum Gasteiger partial charge on any atom is -0.240 e. The Kier molecular flexibility index (Phi) is 4.65. The summed E-state index contributed by atoms with van der Waals surface area (Å²) in [7, 11) is 0. The Morgan fingerprint density at radius 2 is 1.54 bits per heavy atom. The van der Waals surface area contributed by atoms with Crippen molar-refractivity contribution in [2.45, 2.75) is 39.8 Å². The Morgan fingerprint density at radius 3 is 2.12 bits per heavy atom. The number of aromatic nitrogens is 2. The molecule has 26 heavy (non-hydrogen) atoms. The summed E-state index contributed by atoms with van der Waals surface area (Å²) >= 11 is 0. The normalized spacial score (nSPS) is 12.0. The summed E-state index contributed by atoms with van der Waals surface area (Å²) in [6.07, 6.45) is -3.08. The van der Waals surface area contributed by atoms with E-state index in [0.717, 1.165) is 22.8 Å². The van der Waals surface area contributed by atoms with Gasteiger partial charge in [-0.05, 0) is 59.7 Å². The Hall–Kier alpha value is -2.56. The monoisotopic (exact) mass is 358 g/mol. The van der Waals surface area contributed by atoms with E-state index in [2.05, 4.69) is 24.2 Å². The second kappa shape index (κ2) is 6.63. The van der Waals surface area contributed by atoms with Crippen LogP contribution in [0.25, 0.3) is 16.8 Å². The van der Waals surface area contributed by atoms with Crippen molar-refractivity contribution in [3.05, 3.63) is 71.0 Å². The van der Waals surface area contributed by atoms with Crippen LogP contribution < -0.4 is 0 Å². The standard InChI is InChI=1S/C21H21F3N2/c1-13(2)18-8-7-17(16-6-5-14(3)15(4)11-16)12-19(18)26-10-9-20(25-26)21(22,23)24/h5-13H,1-4H3. The third kappa shape index (κ3) is 3.52. The lowest BCUT2D eigenvalue weighted by Crippen LogP contribution is -2.08. The van der Waals surface area contributed by atoms with Gasteiger partial charge in [0.1, 0.15) is 0 Å². The zero-order valence-corrected chi connectivity index (χ0v) is 15.2. The summed E-state index contributed by atoms with van der Waals surface area (Å²) in [6, 6.07) is 13.1. The molecule has 5 heteroatoms. The van der Waals surface area contributed by atoms with Crippen molar-refractivity contribution in [2.75, 3.05) is 0 Å². The molecule has 0 atom stereocenters. The van der Waals surface area contributed by atoms with Crippen LogP contribution >= 0.6 is 0 Å². The molecule has 0 saturated carbocycles. The molecule has 0 unspecified atom stereocenters. The van der Waals surface area contributed by atoms with E-state index in [1.165, 1.54) is 22.0 Å². The highest BCUT2D eigenvalue weighted by Gasteiger charge is 2.33. The maximum absolute atomic E-state index is 12.9. The molecule has 1 aromatic heterocycles. The lowest BCUT2D eigenvalue weighted by Gasteiger charge is -2.15. The second-order valence-corrected chi connectivity index (χ2v) is 6.87. The van der Waals surface area contributed by atoms with Crippen LogP contribution in [0.5, 0.6) is 0 Å². The highest BCUT2D eigenvalue weighted by atomic mass is 19.4. The lowest BCUT2D eigenvalue weighted by atomic mass is 9.95. The van der Waals surface area contributed by atoms with Gasteiger partial charge in [-0.1, -0.05) is 44.2 Å². The van der Waals surface area contributed by atoms with E-state index >= 15 is 0 Å². The molecule has 0 radical (unpaired) electrons. The van der Waals surface area contributed by atoms with Crippen molar-refractivity contribution in [2.24, 2.45) is 0 Å². The molecule has 2 nitrogen and oxygen atoms in total. The molecule has 0 bridgehead atoms. The predicted octanol–water partition coefficient (Wildman–Crippen LogP) is 6.30. The molecule has 0 aliphatic carbocycles. The fraction of sp³-hybridized carbons (Fsp3) is 0.286. The van der Waals surface area contributed by atoms with Crippen molar-refractivity contribution in [3.63, 3.8) is 0 Å². The van der Waals surface area contributed by atoms with E-state index < -0.39 is 11.9 Å². The summed E-state index contributed by atoms with van der Waals surface area (Å²) in [4.78, 5) is 0. The number of alkyl halides is 3. The molecule has 1 heterocycles. The Morgan fingerprint density at radius 1 is 0.885 bits per heavy atom. The van der Waals surface area contributed by atoms with E-state index in [1.807, 2.05) is 45.0 Å². The second-order valence-electron chi connectivity index (χ2n) is 6.87. The maximum atomic E-state index is 12.9. The number of aryl methyl sites for hydroxylation is 2. The smallest absolute Gasteiger partial charge is 0.240 e. The van der Waals surface area contributed by atoms with Gasteiger partial charge in [0.2, 0.25) is 0 Å². The molecule has 3 aromatic rings. The van der Waals surface area contributed by atoms with Gasteiger partial charge >= 0.3 is 6.18 Å². The summed E-state index contributed by atoms with van der Waals surface area (Å²) in [6.45, 7) is 8.13. The molecular weight excluding hydrogens is 337 g/mol. The minimum absolute atomic E-state index is 0.164. The topological polar surface area (TPSA) is 17.8 Å². The van der Waals surface area contributed by atoms with E-state index in [1.54, 1.807) is 0 Å². The summed E-state index contributed by atoms with van der Waals surface area (Å²) in [5.41, 5.74) is 5.11. The highest BCUT2D eigenvalue weighted by molar-refractivity contribution is 5.68. The van der Waals surface area contributed by atoms with Gasteiger partial charge in [0.15, 0.2) is 5.69 Å². The quantitative estimate of drug-likeness (QED) is 0.537. The molecule has 0 saturated heterocycles. The summed E-state index contributed by atoms with van der Waals surface area (Å²) < 4.78 is 40.1. The van der Waals surface area contributed by atoms with Crippen molar-refractivity contribution < 1.29 is 13.2 Å². The van der Waals surface area contributed by atoms with Gasteiger partial charge in [-0.3, -0.25) is 0 Å². The third-order valence-electron chi connectivity index (χ3n) is 4.62. The van der Waals surface area contributed by atoms with Crippen molar-refractivity contribution in [3.8, 4) is 16.8 Å². The van der Waals surface area contributed by atoms with Crippen LogP contribution in [0.2, 0.25) is 0 Å². The van der Waals surface area contributed by atoms with E-state index in [4.69, 9.17) is 0 Å². The first-order chi connectivity index (χ1) is 12.2. The molecule has 0 amide bonds. The first-order valence-corrected chi connectivity index (χ1v) is 8.51. The molecule has 0 N–H and O–H groups in total. The van der Waals surface area contributed by atoms with E-state index in [-0.39, 0.29) is 5.92 Å². The van der Waals surface area contributed by atoms with Crippen LogP contribution in [0.15, 0.2) is 48.7 Å². The van der Waals surface area contributed by atoms with Gasteiger partial charge in [-0.2, -0.15) is 18.3 Å². The van der Waals surface area contributed by atoms with Crippen LogP contribution in [0, 0.1) is 13.8 Å². The van der Waals surface area contributed by atoms with Gasteiger partial charge in [-0.25, -0.2) is 4.68 Å². The molecular formula is C21H21F3N2. The van der Waals surface area contributed by atoms with Crippen molar-refractivity contribution in [1.29, 1.82) is 0 Å². The fourth-order valence-electron chi connectivity index (χ4n) is 2.94. The van der Waals surface area contributed by atoms with Gasteiger partial charge in [0.05, 0.1) is 5.69 Å². The van der Waals surface area contributed by atoms with Gasteiger partial charge in [0.25, 0.3) is 0 Å². The van der Waals surface area contributed by atoms with Crippen LogP contribution in [0.1, 0.15) is 42.1 Å². The average Bonchev–Trinajstić information content (AvgIpc) is 3.07. The minimum atomic E-state index is -4.45. The Bertz CT molecular complexity index is 937.